The van der Waals surface area contributed by atoms with Gasteiger partial charge in [-0.05, 0) is 36.8 Å². The van der Waals surface area contributed by atoms with Crippen molar-refractivity contribution in [3.05, 3.63) is 41.3 Å². The number of hydrogen-bond donors (Lipinski definition) is 1. The highest BCUT2D eigenvalue weighted by Gasteiger charge is 2.15. The number of rotatable bonds is 3. The minimum Gasteiger partial charge on any atom is -0.493 e. The Morgan fingerprint density at radius 2 is 2.15 bits per heavy atom. The van der Waals surface area contributed by atoms with Crippen LogP contribution in [0, 0.1) is 6.92 Å². The molecule has 1 aliphatic heterocycles. The Balaban J connectivity index is 2.03. The van der Waals surface area contributed by atoms with Gasteiger partial charge in [-0.25, -0.2) is 9.97 Å². The number of ether oxygens (including phenoxy) is 1. The average Bonchev–Trinajstić information content (AvgIpc) is 2.93. The molecule has 104 valence electrons. The van der Waals surface area contributed by atoms with Crippen molar-refractivity contribution in [3.8, 4) is 17.0 Å². The van der Waals surface area contributed by atoms with Gasteiger partial charge < -0.3 is 10.5 Å². The molecule has 0 saturated heterocycles. The summed E-state index contributed by atoms with van der Waals surface area (Å²) in [6.45, 7) is 5.38. The van der Waals surface area contributed by atoms with Gasteiger partial charge in [-0.15, -0.1) is 0 Å². The van der Waals surface area contributed by atoms with Crippen LogP contribution in [0.3, 0.4) is 0 Å². The fraction of sp³-hybridized carbons (Fsp3) is 0.375. The molecule has 0 bridgehead atoms. The lowest BCUT2D eigenvalue weighted by molar-refractivity contribution is 0.357. The summed E-state index contributed by atoms with van der Waals surface area (Å²) in [6.07, 6.45) is 0.972. The molecule has 4 heteroatoms. The van der Waals surface area contributed by atoms with E-state index in [9.17, 15) is 0 Å². The second-order valence-corrected chi connectivity index (χ2v) is 5.31. The maximum Gasteiger partial charge on any atom is 0.133 e. The normalized spacial score (nSPS) is 14.8. The summed E-state index contributed by atoms with van der Waals surface area (Å²) in [5.74, 6) is 1.99. The van der Waals surface area contributed by atoms with E-state index in [1.165, 1.54) is 5.56 Å². The van der Waals surface area contributed by atoms with E-state index in [0.717, 1.165) is 41.6 Å². The highest BCUT2D eigenvalue weighted by atomic mass is 16.5. The maximum atomic E-state index is 5.72. The van der Waals surface area contributed by atoms with Crippen LogP contribution in [0.15, 0.2) is 24.3 Å². The minimum atomic E-state index is 0.173. The highest BCUT2D eigenvalue weighted by molar-refractivity contribution is 5.63. The third-order valence-corrected chi connectivity index (χ3v) is 3.65. The summed E-state index contributed by atoms with van der Waals surface area (Å²) in [4.78, 5) is 9.15. The largest absolute Gasteiger partial charge is 0.493 e. The second kappa shape index (κ2) is 5.21. The third kappa shape index (κ3) is 2.39. The fourth-order valence-corrected chi connectivity index (χ4v) is 2.41. The van der Waals surface area contributed by atoms with Gasteiger partial charge in [-0.2, -0.15) is 0 Å². The lowest BCUT2D eigenvalue weighted by Crippen LogP contribution is -2.13. The molecule has 0 radical (unpaired) electrons. The van der Waals surface area contributed by atoms with Crippen LogP contribution >= 0.6 is 0 Å². The van der Waals surface area contributed by atoms with Gasteiger partial charge in [0, 0.05) is 30.1 Å². The lowest BCUT2D eigenvalue weighted by atomic mass is 10.0. The van der Waals surface area contributed by atoms with Gasteiger partial charge in [-0.3, -0.25) is 0 Å². The Morgan fingerprint density at radius 3 is 2.95 bits per heavy atom. The number of fused-ring (bicyclic) bond motifs is 1. The van der Waals surface area contributed by atoms with Gasteiger partial charge >= 0.3 is 0 Å². The van der Waals surface area contributed by atoms with Gasteiger partial charge in [0.25, 0.3) is 0 Å². The summed E-state index contributed by atoms with van der Waals surface area (Å²) in [7, 11) is 0. The molecule has 2 N–H and O–H groups in total. The molecule has 0 aliphatic carbocycles. The molecule has 20 heavy (non-hydrogen) atoms. The van der Waals surface area contributed by atoms with E-state index < -0.39 is 0 Å². The first-order chi connectivity index (χ1) is 9.67. The monoisotopic (exact) mass is 269 g/mol. The summed E-state index contributed by atoms with van der Waals surface area (Å²) in [5.41, 5.74) is 10.0. The van der Waals surface area contributed by atoms with Crippen LogP contribution in [0.4, 0.5) is 0 Å². The van der Waals surface area contributed by atoms with E-state index in [4.69, 9.17) is 10.5 Å². The fourth-order valence-electron chi connectivity index (χ4n) is 2.41. The van der Waals surface area contributed by atoms with E-state index in [1.807, 2.05) is 19.1 Å². The van der Waals surface area contributed by atoms with Crippen molar-refractivity contribution in [2.24, 2.45) is 5.73 Å². The summed E-state index contributed by atoms with van der Waals surface area (Å²) in [6, 6.07) is 8.27. The van der Waals surface area contributed by atoms with Gasteiger partial charge in [0.2, 0.25) is 0 Å². The topological polar surface area (TPSA) is 61.0 Å². The average molecular weight is 269 g/mol. The Kier molecular flexibility index (Phi) is 3.40. The van der Waals surface area contributed by atoms with Crippen molar-refractivity contribution in [1.82, 2.24) is 9.97 Å². The zero-order valence-electron chi connectivity index (χ0n) is 11.9. The first-order valence-electron chi connectivity index (χ1n) is 6.99. The molecular weight excluding hydrogens is 250 g/mol. The second-order valence-electron chi connectivity index (χ2n) is 5.31. The van der Waals surface area contributed by atoms with Crippen molar-refractivity contribution < 1.29 is 4.74 Å². The Hall–Kier alpha value is -1.94. The van der Waals surface area contributed by atoms with Crippen molar-refractivity contribution in [2.45, 2.75) is 26.2 Å². The number of hydrogen-bond acceptors (Lipinski definition) is 4. The standard InChI is InChI=1S/C16H19N3O/c1-10(9-17)16-18-11(2)7-14(19-16)12-3-4-15-13(8-12)5-6-20-15/h3-4,7-8,10H,5-6,9,17H2,1-2H3. The van der Waals surface area contributed by atoms with Gasteiger partial charge in [0.05, 0.1) is 12.3 Å². The first kappa shape index (κ1) is 13.1. The molecular formula is C16H19N3O. The molecule has 1 aromatic carbocycles. The number of nitrogens with two attached hydrogens (primary N) is 1. The van der Waals surface area contributed by atoms with Gasteiger partial charge in [0.15, 0.2) is 0 Å². The zero-order valence-corrected chi connectivity index (χ0v) is 11.9. The quantitative estimate of drug-likeness (QED) is 0.929. The number of aryl methyl sites for hydroxylation is 1. The molecule has 2 heterocycles. The molecule has 0 amide bonds. The molecule has 1 unspecified atom stereocenters. The van der Waals surface area contributed by atoms with Crippen LogP contribution in [0.25, 0.3) is 11.3 Å². The molecule has 0 fully saturated rings. The van der Waals surface area contributed by atoms with Crippen LogP contribution in [-0.4, -0.2) is 23.1 Å². The molecule has 1 aliphatic rings. The van der Waals surface area contributed by atoms with Crippen LogP contribution in [0.5, 0.6) is 5.75 Å². The van der Waals surface area contributed by atoms with E-state index in [-0.39, 0.29) is 5.92 Å². The van der Waals surface area contributed by atoms with E-state index in [1.54, 1.807) is 0 Å². The summed E-state index contributed by atoms with van der Waals surface area (Å²) >= 11 is 0. The predicted molar refractivity (Wildman–Crippen MR) is 78.9 cm³/mol. The van der Waals surface area contributed by atoms with Gasteiger partial charge in [-0.1, -0.05) is 6.92 Å². The van der Waals surface area contributed by atoms with Crippen molar-refractivity contribution >= 4 is 0 Å². The third-order valence-electron chi connectivity index (χ3n) is 3.65. The smallest absolute Gasteiger partial charge is 0.133 e. The molecule has 1 aromatic heterocycles. The minimum absolute atomic E-state index is 0.173. The van der Waals surface area contributed by atoms with Gasteiger partial charge in [0.1, 0.15) is 11.6 Å². The SMILES string of the molecule is Cc1cc(-c2ccc3c(c2)CCO3)nc(C(C)CN)n1. The lowest BCUT2D eigenvalue weighted by Gasteiger charge is -2.11. The van der Waals surface area contributed by atoms with Crippen molar-refractivity contribution in [3.63, 3.8) is 0 Å². The molecule has 0 saturated carbocycles. The summed E-state index contributed by atoms with van der Waals surface area (Å²) < 4.78 is 5.54. The number of nitrogens with zero attached hydrogens (tertiary/aromatic N) is 2. The van der Waals surface area contributed by atoms with Crippen LogP contribution < -0.4 is 10.5 Å². The maximum absolute atomic E-state index is 5.72. The van der Waals surface area contributed by atoms with Crippen LogP contribution in [0.1, 0.15) is 29.9 Å². The molecule has 3 rings (SSSR count). The molecule has 4 nitrogen and oxygen atoms in total. The van der Waals surface area contributed by atoms with Crippen molar-refractivity contribution in [1.29, 1.82) is 0 Å². The van der Waals surface area contributed by atoms with Crippen LogP contribution in [0.2, 0.25) is 0 Å². The molecule has 0 spiro atoms. The number of aromatic nitrogens is 2. The van der Waals surface area contributed by atoms with Crippen molar-refractivity contribution in [2.75, 3.05) is 13.2 Å². The van der Waals surface area contributed by atoms with E-state index in [2.05, 4.69) is 29.0 Å². The molecule has 1 atom stereocenters. The van der Waals surface area contributed by atoms with E-state index >= 15 is 0 Å². The Bertz CT molecular complexity index is 640. The summed E-state index contributed by atoms with van der Waals surface area (Å²) in [5, 5.41) is 0. The highest BCUT2D eigenvalue weighted by Crippen LogP contribution is 2.30. The predicted octanol–water partition coefficient (Wildman–Crippen LogP) is 2.45. The Labute approximate surface area is 119 Å². The molecule has 2 aromatic rings. The zero-order chi connectivity index (χ0) is 14.1. The van der Waals surface area contributed by atoms with E-state index in [0.29, 0.717) is 6.54 Å². The first-order valence-corrected chi connectivity index (χ1v) is 6.99. The van der Waals surface area contributed by atoms with Crippen LogP contribution in [-0.2, 0) is 6.42 Å². The Morgan fingerprint density at radius 1 is 1.30 bits per heavy atom. The number of benzene rings is 1.